The molecule has 0 aromatic rings. The summed E-state index contributed by atoms with van der Waals surface area (Å²) in [4.78, 5) is 14.9. The van der Waals surface area contributed by atoms with Crippen molar-refractivity contribution >= 4 is 5.91 Å². The Hall–Kier alpha value is -0.610. The highest BCUT2D eigenvalue weighted by Gasteiger charge is 2.51. The minimum atomic E-state index is -0.230. The highest BCUT2D eigenvalue weighted by Crippen LogP contribution is 2.37. The first-order valence-electron chi connectivity index (χ1n) is 7.70. The topological polar surface area (TPSA) is 41.6 Å². The van der Waals surface area contributed by atoms with Crippen molar-refractivity contribution in [3.05, 3.63) is 0 Å². The zero-order valence-electron chi connectivity index (χ0n) is 12.6. The normalized spacial score (nSPS) is 27.4. The molecule has 2 rings (SSSR count). The molecule has 0 bridgehead atoms. The molecule has 0 aromatic carbocycles. The molecule has 4 nitrogen and oxygen atoms in total. The van der Waals surface area contributed by atoms with E-state index in [1.54, 1.807) is 7.11 Å². The van der Waals surface area contributed by atoms with Gasteiger partial charge in [0.25, 0.3) is 0 Å². The Bertz CT molecular complexity index is 313. The number of methoxy groups -OCH3 is 1. The van der Waals surface area contributed by atoms with Gasteiger partial charge in [0.2, 0.25) is 5.91 Å². The molecular weight excluding hydrogens is 240 g/mol. The van der Waals surface area contributed by atoms with Gasteiger partial charge in [-0.2, -0.15) is 0 Å². The first-order valence-corrected chi connectivity index (χ1v) is 7.70. The van der Waals surface area contributed by atoms with Crippen LogP contribution in [0.25, 0.3) is 0 Å². The van der Waals surface area contributed by atoms with Crippen LogP contribution < -0.4 is 5.32 Å². The quantitative estimate of drug-likeness (QED) is 0.802. The number of hydrogen-bond donors (Lipinski definition) is 1. The van der Waals surface area contributed by atoms with Gasteiger partial charge in [-0.15, -0.1) is 0 Å². The fraction of sp³-hybridized carbons (Fsp3) is 0.933. The highest BCUT2D eigenvalue weighted by molar-refractivity contribution is 5.89. The molecule has 1 aliphatic heterocycles. The van der Waals surface area contributed by atoms with Crippen molar-refractivity contribution in [2.45, 2.75) is 64.1 Å². The lowest BCUT2D eigenvalue weighted by Gasteiger charge is -2.26. The van der Waals surface area contributed by atoms with Gasteiger partial charge in [-0.1, -0.05) is 33.1 Å². The van der Waals surface area contributed by atoms with Crippen LogP contribution in [-0.2, 0) is 9.53 Å². The Labute approximate surface area is 116 Å². The lowest BCUT2D eigenvalue weighted by molar-refractivity contribution is -0.134. The minimum absolute atomic E-state index is 0.230. The van der Waals surface area contributed by atoms with Crippen molar-refractivity contribution in [1.82, 2.24) is 10.2 Å². The number of nitrogens with zero attached hydrogens (tertiary/aromatic N) is 1. The third-order valence-corrected chi connectivity index (χ3v) is 4.47. The van der Waals surface area contributed by atoms with Gasteiger partial charge in [-0.05, 0) is 25.2 Å². The van der Waals surface area contributed by atoms with E-state index in [9.17, 15) is 4.79 Å². The molecule has 1 aliphatic carbocycles. The molecule has 2 aliphatic rings. The molecule has 0 aromatic heterocycles. The lowest BCUT2D eigenvalue weighted by Crippen LogP contribution is -2.44. The number of amides is 1. The monoisotopic (exact) mass is 268 g/mol. The number of hydrogen-bond acceptors (Lipinski definition) is 3. The Morgan fingerprint density at radius 2 is 2.16 bits per heavy atom. The first kappa shape index (κ1) is 14.8. The van der Waals surface area contributed by atoms with E-state index in [1.807, 2.05) is 0 Å². The summed E-state index contributed by atoms with van der Waals surface area (Å²) in [5.74, 6) is 0.734. The van der Waals surface area contributed by atoms with Crippen molar-refractivity contribution in [1.29, 1.82) is 0 Å². The maximum atomic E-state index is 12.8. The second-order valence-electron chi connectivity index (χ2n) is 6.26. The van der Waals surface area contributed by atoms with Crippen molar-refractivity contribution in [3.63, 3.8) is 0 Å². The molecule has 4 heteroatoms. The average Bonchev–Trinajstić information content (AvgIpc) is 2.93. The SMILES string of the molecule is CCCC1NC2(CCCC2)C(=O)N1CC(C)COC. The predicted molar refractivity (Wildman–Crippen MR) is 75.8 cm³/mol. The maximum Gasteiger partial charge on any atom is 0.244 e. The summed E-state index contributed by atoms with van der Waals surface area (Å²) >= 11 is 0. The van der Waals surface area contributed by atoms with E-state index in [4.69, 9.17) is 4.74 Å². The van der Waals surface area contributed by atoms with E-state index >= 15 is 0 Å². The molecule has 1 amide bonds. The summed E-state index contributed by atoms with van der Waals surface area (Å²) in [5.41, 5.74) is -0.230. The molecule has 19 heavy (non-hydrogen) atoms. The summed E-state index contributed by atoms with van der Waals surface area (Å²) in [6.45, 7) is 5.86. The molecule has 2 atom stereocenters. The maximum absolute atomic E-state index is 12.8. The van der Waals surface area contributed by atoms with Crippen LogP contribution >= 0.6 is 0 Å². The van der Waals surface area contributed by atoms with Crippen LogP contribution in [0.3, 0.4) is 0 Å². The fourth-order valence-corrected chi connectivity index (χ4v) is 3.60. The Kier molecular flexibility index (Phi) is 4.85. The summed E-state index contributed by atoms with van der Waals surface area (Å²) in [7, 11) is 1.72. The van der Waals surface area contributed by atoms with Gasteiger partial charge in [-0.3, -0.25) is 10.1 Å². The standard InChI is InChI=1S/C15H28N2O2/c1-4-7-13-16-15(8-5-6-9-15)14(18)17(13)10-12(2)11-19-3/h12-13,16H,4-11H2,1-3H3. The Morgan fingerprint density at radius 1 is 1.47 bits per heavy atom. The van der Waals surface area contributed by atoms with Gasteiger partial charge >= 0.3 is 0 Å². The van der Waals surface area contributed by atoms with Crippen molar-refractivity contribution < 1.29 is 9.53 Å². The van der Waals surface area contributed by atoms with Crippen molar-refractivity contribution in [2.75, 3.05) is 20.3 Å². The Morgan fingerprint density at radius 3 is 2.74 bits per heavy atom. The summed E-state index contributed by atoms with van der Waals surface area (Å²) < 4.78 is 5.20. The number of carbonyl (C=O) groups is 1. The predicted octanol–water partition coefficient (Wildman–Crippen LogP) is 2.14. The zero-order valence-corrected chi connectivity index (χ0v) is 12.6. The molecule has 0 radical (unpaired) electrons. The minimum Gasteiger partial charge on any atom is -0.384 e. The van der Waals surface area contributed by atoms with E-state index in [-0.39, 0.29) is 11.7 Å². The summed E-state index contributed by atoms with van der Waals surface area (Å²) in [6.07, 6.45) is 6.78. The van der Waals surface area contributed by atoms with Crippen molar-refractivity contribution in [3.8, 4) is 0 Å². The third kappa shape index (κ3) is 2.95. The van der Waals surface area contributed by atoms with Crippen LogP contribution in [0.2, 0.25) is 0 Å². The van der Waals surface area contributed by atoms with Crippen LogP contribution in [0.1, 0.15) is 52.4 Å². The van der Waals surface area contributed by atoms with E-state index in [0.29, 0.717) is 11.8 Å². The van der Waals surface area contributed by atoms with E-state index < -0.39 is 0 Å². The van der Waals surface area contributed by atoms with Crippen LogP contribution in [0, 0.1) is 5.92 Å². The second-order valence-corrected chi connectivity index (χ2v) is 6.26. The second kappa shape index (κ2) is 6.23. The third-order valence-electron chi connectivity index (χ3n) is 4.47. The van der Waals surface area contributed by atoms with Gasteiger partial charge in [0.1, 0.15) is 0 Å². The first-order chi connectivity index (χ1) is 9.13. The molecule has 110 valence electrons. The zero-order chi connectivity index (χ0) is 13.9. The van der Waals surface area contributed by atoms with Crippen LogP contribution in [0.5, 0.6) is 0 Å². The lowest BCUT2D eigenvalue weighted by atomic mass is 9.98. The fourth-order valence-electron chi connectivity index (χ4n) is 3.60. The van der Waals surface area contributed by atoms with E-state index in [2.05, 4.69) is 24.1 Å². The smallest absolute Gasteiger partial charge is 0.244 e. The molecule has 1 N–H and O–H groups in total. The highest BCUT2D eigenvalue weighted by atomic mass is 16.5. The molecule has 1 saturated heterocycles. The summed E-state index contributed by atoms with van der Waals surface area (Å²) in [5, 5.41) is 3.65. The molecule has 2 fully saturated rings. The van der Waals surface area contributed by atoms with Gasteiger partial charge in [-0.25, -0.2) is 0 Å². The molecule has 1 saturated carbocycles. The van der Waals surface area contributed by atoms with E-state index in [0.717, 1.165) is 38.8 Å². The van der Waals surface area contributed by atoms with Gasteiger partial charge in [0.15, 0.2) is 0 Å². The average molecular weight is 268 g/mol. The van der Waals surface area contributed by atoms with Gasteiger partial charge < -0.3 is 9.64 Å². The largest absolute Gasteiger partial charge is 0.384 e. The number of carbonyl (C=O) groups excluding carboxylic acids is 1. The Balaban J connectivity index is 2.07. The van der Waals surface area contributed by atoms with Gasteiger partial charge in [0.05, 0.1) is 18.3 Å². The summed E-state index contributed by atoms with van der Waals surface area (Å²) in [6, 6.07) is 0. The molecule has 1 heterocycles. The van der Waals surface area contributed by atoms with Crippen LogP contribution in [0.15, 0.2) is 0 Å². The van der Waals surface area contributed by atoms with E-state index in [1.165, 1.54) is 12.8 Å². The van der Waals surface area contributed by atoms with Crippen LogP contribution in [-0.4, -0.2) is 42.8 Å². The number of ether oxygens (including phenoxy) is 1. The molecule has 1 spiro atoms. The number of nitrogens with one attached hydrogen (secondary N) is 1. The number of rotatable bonds is 6. The molecule has 2 unspecified atom stereocenters. The van der Waals surface area contributed by atoms with Crippen molar-refractivity contribution in [2.24, 2.45) is 5.92 Å². The molecular formula is C15H28N2O2. The van der Waals surface area contributed by atoms with Crippen LogP contribution in [0.4, 0.5) is 0 Å². The van der Waals surface area contributed by atoms with Gasteiger partial charge in [0, 0.05) is 13.7 Å².